The lowest BCUT2D eigenvalue weighted by molar-refractivity contribution is 0.633. The first-order valence-corrected chi connectivity index (χ1v) is 24.6. The molecular weight excluding hydrogens is 843 g/mol. The molecule has 0 aromatic heterocycles. The predicted molar refractivity (Wildman–Crippen MR) is 287 cm³/mol. The Labute approximate surface area is 409 Å². The van der Waals surface area contributed by atoms with Crippen LogP contribution in [0.5, 0.6) is 0 Å². The van der Waals surface area contributed by atoms with Crippen LogP contribution in [0.4, 0.5) is 17.1 Å². The van der Waals surface area contributed by atoms with Crippen LogP contribution in [-0.2, 0) is 16.2 Å². The molecule has 0 heterocycles. The predicted octanol–water partition coefficient (Wildman–Crippen LogP) is 16.6. The smallest absolute Gasteiger partial charge is 0.0734 e. The lowest BCUT2D eigenvalue weighted by atomic mass is 9.52. The molecule has 15 rings (SSSR count). The molecule has 1 nitrogen and oxygen atoms in total. The van der Waals surface area contributed by atoms with Crippen molar-refractivity contribution in [1.82, 2.24) is 0 Å². The molecule has 326 valence electrons. The van der Waals surface area contributed by atoms with Crippen molar-refractivity contribution >= 4 is 17.1 Å². The summed E-state index contributed by atoms with van der Waals surface area (Å²) in [4.78, 5) is 2.59. The van der Waals surface area contributed by atoms with Crippen LogP contribution in [0.2, 0.25) is 0 Å². The first-order chi connectivity index (χ1) is 34.8. The number of anilines is 3. The fourth-order valence-corrected chi connectivity index (χ4v) is 14.1. The molecule has 4 aliphatic carbocycles. The second kappa shape index (κ2) is 14.6. The van der Waals surface area contributed by atoms with Gasteiger partial charge in [0.05, 0.1) is 27.6 Å². The van der Waals surface area contributed by atoms with Crippen LogP contribution in [0, 0.1) is 0 Å². The average molecular weight is 888 g/mol. The first-order valence-electron chi connectivity index (χ1n) is 24.6. The standard InChI is InChI=1S/C69H45N/c1-4-24-46(25-5-1)67(47-26-6-2-7-27-47)54-35-14-12-32-51(54)52-34-22-45-64(66(52)67)70(48-28-8-3-9-29-48)63-44-23-43-62-65(63)53-33-13-17-38-57(53)69(62)60-41-20-18-39-58(60)68(59-40-19-21-42-61(59)69)55-36-15-10-30-49(55)50-31-11-16-37-56(50)68/h1-45H. The van der Waals surface area contributed by atoms with E-state index in [0.29, 0.717) is 0 Å². The Bertz CT molecular complexity index is 3770. The van der Waals surface area contributed by atoms with Crippen molar-refractivity contribution in [1.29, 1.82) is 0 Å². The second-order valence-corrected chi connectivity index (χ2v) is 19.3. The van der Waals surface area contributed by atoms with Gasteiger partial charge in [-0.1, -0.05) is 249 Å². The third-order valence-electron chi connectivity index (χ3n) is 16.4. The number of fused-ring (bicyclic) bond motifs is 19. The Morgan fingerprint density at radius 2 is 0.543 bits per heavy atom. The topological polar surface area (TPSA) is 3.24 Å². The fourth-order valence-electron chi connectivity index (χ4n) is 14.1. The zero-order valence-corrected chi connectivity index (χ0v) is 38.4. The summed E-state index contributed by atoms with van der Waals surface area (Å²) in [5.41, 5.74) is 25.1. The lowest BCUT2D eigenvalue weighted by Gasteiger charge is -2.48. The largest absolute Gasteiger partial charge is 0.310 e. The molecule has 0 unspecified atom stereocenters. The van der Waals surface area contributed by atoms with E-state index in [-0.39, 0.29) is 0 Å². The van der Waals surface area contributed by atoms with Crippen molar-refractivity contribution in [3.8, 4) is 33.4 Å². The maximum absolute atomic E-state index is 2.59. The van der Waals surface area contributed by atoms with E-state index in [9.17, 15) is 0 Å². The quantitative estimate of drug-likeness (QED) is 0.166. The van der Waals surface area contributed by atoms with E-state index in [0.717, 1.165) is 17.1 Å². The fraction of sp³-hybridized carbons (Fsp3) is 0.0435. The van der Waals surface area contributed by atoms with E-state index in [2.05, 4.69) is 278 Å². The van der Waals surface area contributed by atoms with E-state index in [4.69, 9.17) is 0 Å². The van der Waals surface area contributed by atoms with Crippen LogP contribution in [-0.4, -0.2) is 0 Å². The highest BCUT2D eigenvalue weighted by Crippen LogP contribution is 2.69. The van der Waals surface area contributed by atoms with Gasteiger partial charge >= 0.3 is 0 Å². The highest BCUT2D eigenvalue weighted by molar-refractivity contribution is 6.02. The molecule has 70 heavy (non-hydrogen) atoms. The molecule has 4 aliphatic rings. The minimum atomic E-state index is -0.623. The van der Waals surface area contributed by atoms with Gasteiger partial charge in [-0.2, -0.15) is 0 Å². The Kier molecular flexibility index (Phi) is 8.19. The maximum atomic E-state index is 2.59. The SMILES string of the molecule is c1ccc(N(c2cccc3c2-c2ccccc2C32c3ccccc3C3(c4ccccc4-c4ccccc43)c3ccccc32)c2cccc3c2C(c2ccccc2)(c2ccccc2)c2ccccc2-3)cc1. The first kappa shape index (κ1) is 39.2. The third-order valence-corrected chi connectivity index (χ3v) is 16.4. The molecule has 11 aromatic carbocycles. The summed E-state index contributed by atoms with van der Waals surface area (Å²) >= 11 is 0. The summed E-state index contributed by atoms with van der Waals surface area (Å²) in [5.74, 6) is 0. The van der Waals surface area contributed by atoms with Crippen molar-refractivity contribution in [2.75, 3.05) is 4.90 Å². The number of benzene rings is 11. The van der Waals surface area contributed by atoms with E-state index >= 15 is 0 Å². The number of hydrogen-bond donors (Lipinski definition) is 0. The molecule has 2 spiro atoms. The van der Waals surface area contributed by atoms with Gasteiger partial charge in [0.15, 0.2) is 0 Å². The molecule has 0 amide bonds. The number of hydrogen-bond acceptors (Lipinski definition) is 1. The number of para-hydroxylation sites is 1. The molecular formula is C69H45N. The van der Waals surface area contributed by atoms with Crippen LogP contribution < -0.4 is 4.90 Å². The van der Waals surface area contributed by atoms with Crippen LogP contribution in [0.3, 0.4) is 0 Å². The van der Waals surface area contributed by atoms with Crippen molar-refractivity contribution in [2.24, 2.45) is 0 Å². The minimum Gasteiger partial charge on any atom is -0.310 e. The summed E-state index contributed by atoms with van der Waals surface area (Å²) in [6.07, 6.45) is 0. The lowest BCUT2D eigenvalue weighted by Crippen LogP contribution is -2.43. The summed E-state index contributed by atoms with van der Waals surface area (Å²) < 4.78 is 0. The van der Waals surface area contributed by atoms with Gasteiger partial charge in [0.1, 0.15) is 0 Å². The van der Waals surface area contributed by atoms with Gasteiger partial charge in [0.25, 0.3) is 0 Å². The molecule has 0 bridgehead atoms. The molecule has 0 saturated carbocycles. The molecule has 0 fully saturated rings. The second-order valence-electron chi connectivity index (χ2n) is 19.3. The Morgan fingerprint density at radius 1 is 0.214 bits per heavy atom. The van der Waals surface area contributed by atoms with Gasteiger partial charge in [-0.15, -0.1) is 0 Å². The zero-order valence-electron chi connectivity index (χ0n) is 38.4. The molecule has 0 radical (unpaired) electrons. The summed E-state index contributed by atoms with van der Waals surface area (Å²) in [5, 5.41) is 0. The molecule has 1 heteroatoms. The Balaban J connectivity index is 1.06. The van der Waals surface area contributed by atoms with E-state index in [1.165, 1.54) is 100 Å². The Hall–Kier alpha value is -8.78. The van der Waals surface area contributed by atoms with Gasteiger partial charge in [-0.25, -0.2) is 0 Å². The summed E-state index contributed by atoms with van der Waals surface area (Å²) in [6.45, 7) is 0. The van der Waals surface area contributed by atoms with Crippen LogP contribution in [0.25, 0.3) is 33.4 Å². The molecule has 0 atom stereocenters. The molecule has 0 aliphatic heterocycles. The molecule has 11 aromatic rings. The van der Waals surface area contributed by atoms with Gasteiger partial charge in [0, 0.05) is 16.8 Å². The van der Waals surface area contributed by atoms with Crippen LogP contribution in [0.15, 0.2) is 273 Å². The highest BCUT2D eigenvalue weighted by atomic mass is 15.2. The summed E-state index contributed by atoms with van der Waals surface area (Å²) in [7, 11) is 0. The van der Waals surface area contributed by atoms with Crippen LogP contribution >= 0.6 is 0 Å². The molecule has 0 saturated heterocycles. The summed E-state index contributed by atoms with van der Waals surface area (Å²) in [6, 6.07) is 103. The van der Waals surface area contributed by atoms with E-state index in [1.807, 2.05) is 0 Å². The zero-order chi connectivity index (χ0) is 46.0. The molecule has 0 N–H and O–H groups in total. The Morgan fingerprint density at radius 3 is 1.06 bits per heavy atom. The van der Waals surface area contributed by atoms with E-state index in [1.54, 1.807) is 0 Å². The highest BCUT2D eigenvalue weighted by Gasteiger charge is 2.59. The monoisotopic (exact) mass is 887 g/mol. The van der Waals surface area contributed by atoms with Gasteiger partial charge in [0.2, 0.25) is 0 Å². The van der Waals surface area contributed by atoms with Crippen molar-refractivity contribution < 1.29 is 0 Å². The van der Waals surface area contributed by atoms with Gasteiger partial charge in [-0.05, 0) is 113 Å². The van der Waals surface area contributed by atoms with Gasteiger partial charge in [-0.3, -0.25) is 0 Å². The third kappa shape index (κ3) is 4.77. The van der Waals surface area contributed by atoms with E-state index < -0.39 is 16.2 Å². The maximum Gasteiger partial charge on any atom is 0.0734 e. The van der Waals surface area contributed by atoms with Crippen molar-refractivity contribution in [2.45, 2.75) is 16.2 Å². The number of nitrogens with zero attached hydrogens (tertiary/aromatic N) is 1. The van der Waals surface area contributed by atoms with Gasteiger partial charge < -0.3 is 4.90 Å². The minimum absolute atomic E-state index is 0.505. The van der Waals surface area contributed by atoms with Crippen LogP contribution in [0.1, 0.15) is 66.8 Å². The van der Waals surface area contributed by atoms with Crippen molar-refractivity contribution in [3.63, 3.8) is 0 Å². The average Bonchev–Trinajstić information content (AvgIpc) is 4.03. The number of rotatable bonds is 5. The van der Waals surface area contributed by atoms with Crippen molar-refractivity contribution in [3.05, 3.63) is 340 Å². The normalized spacial score (nSPS) is 14.9.